The maximum absolute atomic E-state index is 13.5. The van der Waals surface area contributed by atoms with E-state index in [9.17, 15) is 4.79 Å². The van der Waals surface area contributed by atoms with Crippen LogP contribution < -0.4 is 0 Å². The van der Waals surface area contributed by atoms with Crippen LogP contribution in [0.2, 0.25) is 0 Å². The van der Waals surface area contributed by atoms with Gasteiger partial charge in [0, 0.05) is 25.6 Å². The quantitative estimate of drug-likeness (QED) is 0.746. The minimum absolute atomic E-state index is 0.169. The zero-order valence-electron chi connectivity index (χ0n) is 18.2. The summed E-state index contributed by atoms with van der Waals surface area (Å²) in [5.74, 6) is 1.26. The fraction of sp³-hybridized carbons (Fsp3) is 0.522. The van der Waals surface area contributed by atoms with E-state index in [4.69, 9.17) is 9.90 Å². The number of likely N-dealkylation sites (tertiary alicyclic amines) is 2. The predicted octanol–water partition coefficient (Wildman–Crippen LogP) is 3.92. The van der Waals surface area contributed by atoms with Crippen LogP contribution in [0.1, 0.15) is 50.9 Å². The van der Waals surface area contributed by atoms with E-state index in [-0.39, 0.29) is 18.4 Å². The maximum Gasteiger partial charge on any atom is 0.290 e. The van der Waals surface area contributed by atoms with E-state index in [1.165, 1.54) is 28.9 Å². The molecule has 4 rings (SSSR count). The van der Waals surface area contributed by atoms with Crippen LogP contribution in [-0.2, 0) is 4.79 Å². The van der Waals surface area contributed by atoms with Crippen molar-refractivity contribution >= 4 is 23.7 Å². The Kier molecular flexibility index (Phi) is 7.26. The molecule has 0 saturated carbocycles. The van der Waals surface area contributed by atoms with Crippen molar-refractivity contribution in [2.45, 2.75) is 40.2 Å². The number of aromatic nitrogens is 1. The Balaban J connectivity index is 0.000000806. The first-order chi connectivity index (χ1) is 14.4. The first kappa shape index (κ1) is 22.4. The minimum Gasteiger partial charge on any atom is -0.483 e. The number of nitrogens with zero attached hydrogens (tertiary/aromatic N) is 3. The van der Waals surface area contributed by atoms with Gasteiger partial charge in [-0.05, 0) is 50.8 Å². The summed E-state index contributed by atoms with van der Waals surface area (Å²) in [7, 11) is 0. The Hall–Kier alpha value is -2.25. The van der Waals surface area contributed by atoms with Gasteiger partial charge in [0.2, 0.25) is 0 Å². The van der Waals surface area contributed by atoms with Crippen molar-refractivity contribution in [2.24, 2.45) is 11.8 Å². The van der Waals surface area contributed by atoms with Crippen LogP contribution in [0.4, 0.5) is 0 Å². The van der Waals surface area contributed by atoms with Crippen molar-refractivity contribution in [3.05, 3.63) is 51.0 Å². The molecule has 2 aromatic rings. The number of aryl methyl sites for hydroxylation is 3. The van der Waals surface area contributed by atoms with Crippen LogP contribution in [-0.4, -0.2) is 58.4 Å². The highest BCUT2D eigenvalue weighted by atomic mass is 32.1. The molecule has 6 nitrogen and oxygen atoms in total. The predicted molar refractivity (Wildman–Crippen MR) is 119 cm³/mol. The molecule has 0 bridgehead atoms. The summed E-state index contributed by atoms with van der Waals surface area (Å²) >= 11 is 1.53. The number of benzene rings is 1. The Morgan fingerprint density at radius 2 is 1.93 bits per heavy atom. The molecule has 2 fully saturated rings. The number of carbonyl (C=O) groups excluding carboxylic acids is 1. The lowest BCUT2D eigenvalue weighted by atomic mass is 9.87. The fourth-order valence-electron chi connectivity index (χ4n) is 5.02. The first-order valence-electron chi connectivity index (χ1n) is 10.5. The van der Waals surface area contributed by atoms with Crippen LogP contribution in [0.3, 0.4) is 0 Å². The third kappa shape index (κ3) is 4.42. The molecule has 1 N–H and O–H groups in total. The van der Waals surface area contributed by atoms with Crippen LogP contribution in [0.15, 0.2) is 24.3 Å². The van der Waals surface area contributed by atoms with Gasteiger partial charge in [-0.25, -0.2) is 4.98 Å². The molecule has 7 heteroatoms. The molecule has 2 saturated heterocycles. The van der Waals surface area contributed by atoms with E-state index in [0.29, 0.717) is 11.8 Å². The van der Waals surface area contributed by atoms with Gasteiger partial charge in [0.15, 0.2) is 0 Å². The SMILES string of the molecule is CCCN1C[C@H]2CN(C(=O)c3sc(C)nc3C)[C@H](c3ccccc3C)[C@H]2C1.O=CO. The van der Waals surface area contributed by atoms with Gasteiger partial charge in [-0.3, -0.25) is 9.59 Å². The summed E-state index contributed by atoms with van der Waals surface area (Å²) in [6.07, 6.45) is 1.19. The second-order valence-electron chi connectivity index (χ2n) is 8.20. The minimum atomic E-state index is -0.250. The highest BCUT2D eigenvalue weighted by Crippen LogP contribution is 2.46. The first-order valence-corrected chi connectivity index (χ1v) is 11.3. The molecule has 1 amide bonds. The van der Waals surface area contributed by atoms with Crippen molar-refractivity contribution in [3.63, 3.8) is 0 Å². The molecule has 3 atom stereocenters. The molecule has 162 valence electrons. The lowest BCUT2D eigenvalue weighted by molar-refractivity contribution is -0.122. The summed E-state index contributed by atoms with van der Waals surface area (Å²) in [4.78, 5) is 31.9. The van der Waals surface area contributed by atoms with Crippen molar-refractivity contribution in [1.82, 2.24) is 14.8 Å². The van der Waals surface area contributed by atoms with Crippen molar-refractivity contribution in [3.8, 4) is 0 Å². The Morgan fingerprint density at radius 1 is 1.23 bits per heavy atom. The Bertz CT molecular complexity index is 898. The summed E-state index contributed by atoms with van der Waals surface area (Å²) < 4.78 is 0. The highest BCUT2D eigenvalue weighted by molar-refractivity contribution is 7.13. The Labute approximate surface area is 182 Å². The molecule has 0 unspecified atom stereocenters. The second-order valence-corrected chi connectivity index (χ2v) is 9.40. The number of carbonyl (C=O) groups is 2. The molecule has 30 heavy (non-hydrogen) atoms. The maximum atomic E-state index is 13.5. The number of fused-ring (bicyclic) bond motifs is 1. The van der Waals surface area contributed by atoms with E-state index in [2.05, 4.69) is 52.9 Å². The van der Waals surface area contributed by atoms with Gasteiger partial charge < -0.3 is 14.9 Å². The average molecular weight is 430 g/mol. The van der Waals surface area contributed by atoms with E-state index in [1.807, 2.05) is 13.8 Å². The average Bonchev–Trinajstić information content (AvgIpc) is 3.34. The molecule has 1 aromatic heterocycles. The normalized spacial score (nSPS) is 23.1. The smallest absolute Gasteiger partial charge is 0.290 e. The monoisotopic (exact) mass is 429 g/mol. The molecule has 2 aliphatic heterocycles. The van der Waals surface area contributed by atoms with Crippen LogP contribution in [0.5, 0.6) is 0 Å². The lowest BCUT2D eigenvalue weighted by Crippen LogP contribution is -2.36. The van der Waals surface area contributed by atoms with E-state index >= 15 is 0 Å². The van der Waals surface area contributed by atoms with Gasteiger partial charge >= 0.3 is 0 Å². The van der Waals surface area contributed by atoms with E-state index in [0.717, 1.165) is 41.8 Å². The number of rotatable bonds is 4. The third-order valence-electron chi connectivity index (χ3n) is 6.15. The zero-order valence-corrected chi connectivity index (χ0v) is 19.0. The molecule has 0 radical (unpaired) electrons. The number of amides is 1. The molecular weight excluding hydrogens is 398 g/mol. The van der Waals surface area contributed by atoms with Crippen LogP contribution >= 0.6 is 11.3 Å². The summed E-state index contributed by atoms with van der Waals surface area (Å²) in [5, 5.41) is 7.86. The summed E-state index contributed by atoms with van der Waals surface area (Å²) in [5.41, 5.74) is 3.47. The third-order valence-corrected chi connectivity index (χ3v) is 7.21. The van der Waals surface area contributed by atoms with Gasteiger partial charge in [-0.15, -0.1) is 11.3 Å². The molecule has 3 heterocycles. The van der Waals surface area contributed by atoms with Crippen molar-refractivity contribution in [2.75, 3.05) is 26.2 Å². The van der Waals surface area contributed by atoms with Gasteiger partial charge in [0.1, 0.15) is 4.88 Å². The van der Waals surface area contributed by atoms with Crippen molar-refractivity contribution < 1.29 is 14.7 Å². The van der Waals surface area contributed by atoms with Gasteiger partial charge in [-0.2, -0.15) is 0 Å². The van der Waals surface area contributed by atoms with Gasteiger partial charge in [0.05, 0.1) is 16.7 Å². The van der Waals surface area contributed by atoms with Gasteiger partial charge in [0.25, 0.3) is 12.4 Å². The topological polar surface area (TPSA) is 73.7 Å². The van der Waals surface area contributed by atoms with E-state index in [1.54, 1.807) is 0 Å². The highest BCUT2D eigenvalue weighted by Gasteiger charge is 2.49. The second kappa shape index (κ2) is 9.71. The molecule has 0 aliphatic carbocycles. The number of carboxylic acid groups (broad SMARTS) is 1. The van der Waals surface area contributed by atoms with Crippen molar-refractivity contribution in [1.29, 1.82) is 0 Å². The largest absolute Gasteiger partial charge is 0.483 e. The Morgan fingerprint density at radius 3 is 2.53 bits per heavy atom. The number of thiazole rings is 1. The number of hydrogen-bond donors (Lipinski definition) is 1. The van der Waals surface area contributed by atoms with Crippen LogP contribution in [0, 0.1) is 32.6 Å². The standard InChI is InChI=1S/C22H29N3OS.CH2O2/c1-5-10-24-11-17-12-25(22(26)21-15(3)23-16(4)27-21)20(19(17)13-24)18-9-7-6-8-14(18)2;2-1-3/h6-9,17,19-20H,5,10-13H2,1-4H3;1H,(H,2,3)/t17-,19-,20+;/m0./s1. The molecule has 1 aromatic carbocycles. The lowest BCUT2D eigenvalue weighted by Gasteiger charge is -2.30. The van der Waals surface area contributed by atoms with Gasteiger partial charge in [-0.1, -0.05) is 31.2 Å². The summed E-state index contributed by atoms with van der Waals surface area (Å²) in [6, 6.07) is 8.76. The van der Waals surface area contributed by atoms with E-state index < -0.39 is 0 Å². The molecule has 2 aliphatic rings. The summed E-state index contributed by atoms with van der Waals surface area (Å²) in [6.45, 7) is 12.3. The van der Waals surface area contributed by atoms with Crippen LogP contribution in [0.25, 0.3) is 0 Å². The molecular formula is C23H31N3O3S. The zero-order chi connectivity index (χ0) is 21.8. The molecule has 0 spiro atoms. The fourth-order valence-corrected chi connectivity index (χ4v) is 5.90. The number of hydrogen-bond acceptors (Lipinski definition) is 5.